The zero-order valence-corrected chi connectivity index (χ0v) is 13.9. The lowest BCUT2D eigenvalue weighted by Gasteiger charge is -2.37. The van der Waals surface area contributed by atoms with Crippen LogP contribution >= 0.6 is 0 Å². The van der Waals surface area contributed by atoms with Crippen LogP contribution in [0, 0.1) is 11.8 Å². The Hall–Kier alpha value is -1.95. The van der Waals surface area contributed by atoms with E-state index in [1.54, 1.807) is 0 Å². The zero-order valence-electron chi connectivity index (χ0n) is 13.9. The fourth-order valence-electron chi connectivity index (χ4n) is 4.27. The first-order valence-electron chi connectivity index (χ1n) is 8.96. The highest BCUT2D eigenvalue weighted by atomic mass is 16.2. The fraction of sp³-hybridized carbons (Fsp3) is 0.611. The quantitative estimate of drug-likeness (QED) is 0.784. The van der Waals surface area contributed by atoms with Crippen LogP contribution in [0.3, 0.4) is 0 Å². The van der Waals surface area contributed by atoms with E-state index in [2.05, 4.69) is 14.8 Å². The number of likely N-dealkylation sites (tertiary alicyclic amines) is 1. The fourth-order valence-corrected chi connectivity index (χ4v) is 4.27. The number of rotatable bonds is 3. The van der Waals surface area contributed by atoms with Crippen molar-refractivity contribution >= 4 is 17.5 Å². The molecule has 2 aliphatic heterocycles. The molecular weight excluding hydrogens is 304 g/mol. The summed E-state index contributed by atoms with van der Waals surface area (Å²) in [4.78, 5) is 35.3. The first-order valence-corrected chi connectivity index (χ1v) is 8.96. The maximum atomic E-state index is 12.6. The van der Waals surface area contributed by atoms with Crippen LogP contribution in [0.15, 0.2) is 24.5 Å². The highest BCUT2D eigenvalue weighted by Crippen LogP contribution is 2.38. The van der Waals surface area contributed by atoms with Gasteiger partial charge in [-0.3, -0.25) is 24.4 Å². The summed E-state index contributed by atoms with van der Waals surface area (Å²) in [5, 5.41) is 0. The summed E-state index contributed by atoms with van der Waals surface area (Å²) in [7, 11) is 0. The lowest BCUT2D eigenvalue weighted by Crippen LogP contribution is -2.51. The maximum Gasteiger partial charge on any atom is 0.234 e. The Bertz CT molecular complexity index is 589. The molecule has 0 radical (unpaired) electrons. The van der Waals surface area contributed by atoms with Gasteiger partial charge in [0, 0.05) is 44.3 Å². The Morgan fingerprint density at radius 1 is 0.917 bits per heavy atom. The summed E-state index contributed by atoms with van der Waals surface area (Å²) in [5.74, 6) is 0.0660. The molecule has 6 heteroatoms. The molecule has 2 atom stereocenters. The standard InChI is InChI=1S/C18H24N4O2/c23-17-15-3-1-2-4-16(15)18(24)22(17)13-20-9-11-21(12-10-20)14-5-7-19-8-6-14/h5-8,15-16H,1-4,9-13H2/t15-,16+. The number of carbonyl (C=O) groups is 2. The molecule has 0 N–H and O–H groups in total. The number of imide groups is 1. The van der Waals surface area contributed by atoms with Gasteiger partial charge < -0.3 is 4.90 Å². The van der Waals surface area contributed by atoms with Crippen molar-refractivity contribution in [2.75, 3.05) is 37.7 Å². The molecule has 3 aliphatic rings. The lowest BCUT2D eigenvalue weighted by molar-refractivity contribution is -0.142. The van der Waals surface area contributed by atoms with E-state index < -0.39 is 0 Å². The van der Waals surface area contributed by atoms with Gasteiger partial charge in [-0.25, -0.2) is 0 Å². The summed E-state index contributed by atoms with van der Waals surface area (Å²) in [6, 6.07) is 4.04. The van der Waals surface area contributed by atoms with Crippen LogP contribution in [0.1, 0.15) is 25.7 Å². The molecule has 1 aromatic rings. The van der Waals surface area contributed by atoms with Crippen LogP contribution in [0.5, 0.6) is 0 Å². The minimum atomic E-state index is -0.0376. The number of amides is 2. The molecule has 2 amide bonds. The van der Waals surface area contributed by atoms with Crippen LogP contribution in [0.4, 0.5) is 5.69 Å². The van der Waals surface area contributed by atoms with Crippen molar-refractivity contribution in [2.24, 2.45) is 11.8 Å². The number of pyridine rings is 1. The Morgan fingerprint density at radius 3 is 2.08 bits per heavy atom. The topological polar surface area (TPSA) is 56.8 Å². The molecule has 1 aliphatic carbocycles. The van der Waals surface area contributed by atoms with Crippen molar-refractivity contribution < 1.29 is 9.59 Å². The summed E-state index contributed by atoms with van der Waals surface area (Å²) in [5.41, 5.74) is 1.18. The number of hydrogen-bond donors (Lipinski definition) is 0. The normalized spacial score (nSPS) is 28.3. The molecule has 24 heavy (non-hydrogen) atoms. The Kier molecular flexibility index (Phi) is 4.22. The van der Waals surface area contributed by atoms with Crippen molar-refractivity contribution in [3.63, 3.8) is 0 Å². The monoisotopic (exact) mass is 328 g/mol. The van der Waals surface area contributed by atoms with Crippen LogP contribution < -0.4 is 4.90 Å². The van der Waals surface area contributed by atoms with E-state index in [9.17, 15) is 9.59 Å². The van der Waals surface area contributed by atoms with Crippen LogP contribution in [0.2, 0.25) is 0 Å². The van der Waals surface area contributed by atoms with E-state index >= 15 is 0 Å². The first-order chi connectivity index (χ1) is 11.7. The van der Waals surface area contributed by atoms with Gasteiger partial charge in [0.15, 0.2) is 0 Å². The molecule has 3 heterocycles. The van der Waals surface area contributed by atoms with Crippen LogP contribution in [-0.4, -0.2) is 59.4 Å². The minimum absolute atomic E-state index is 0.0376. The van der Waals surface area contributed by atoms with E-state index in [1.165, 1.54) is 10.6 Å². The summed E-state index contributed by atoms with van der Waals surface area (Å²) in [6.07, 6.45) is 7.57. The van der Waals surface area contributed by atoms with E-state index in [1.807, 2.05) is 24.5 Å². The number of hydrogen-bond acceptors (Lipinski definition) is 5. The third kappa shape index (κ3) is 2.79. The Labute approximate surface area is 142 Å². The zero-order chi connectivity index (χ0) is 16.5. The minimum Gasteiger partial charge on any atom is -0.369 e. The van der Waals surface area contributed by atoms with E-state index in [4.69, 9.17) is 0 Å². The predicted octanol–water partition coefficient (Wildman–Crippen LogP) is 1.34. The molecular formula is C18H24N4O2. The van der Waals surface area contributed by atoms with Gasteiger partial charge in [0.05, 0.1) is 18.5 Å². The van der Waals surface area contributed by atoms with Crippen molar-refractivity contribution in [3.8, 4) is 0 Å². The van der Waals surface area contributed by atoms with Gasteiger partial charge in [0.1, 0.15) is 0 Å². The smallest absolute Gasteiger partial charge is 0.234 e. The number of aromatic nitrogens is 1. The molecule has 128 valence electrons. The van der Waals surface area contributed by atoms with Crippen LogP contribution in [0.25, 0.3) is 0 Å². The predicted molar refractivity (Wildman–Crippen MR) is 90.2 cm³/mol. The second-order valence-corrected chi connectivity index (χ2v) is 7.05. The van der Waals surface area contributed by atoms with Crippen molar-refractivity contribution in [2.45, 2.75) is 25.7 Å². The molecule has 0 unspecified atom stereocenters. The summed E-state index contributed by atoms with van der Waals surface area (Å²) in [6.45, 7) is 4.03. The molecule has 0 aromatic carbocycles. The maximum absolute atomic E-state index is 12.6. The van der Waals surface area contributed by atoms with E-state index in [0.29, 0.717) is 6.67 Å². The number of carbonyl (C=O) groups excluding carboxylic acids is 2. The van der Waals surface area contributed by atoms with Gasteiger partial charge in [-0.15, -0.1) is 0 Å². The van der Waals surface area contributed by atoms with Crippen molar-refractivity contribution in [1.29, 1.82) is 0 Å². The Morgan fingerprint density at radius 2 is 1.50 bits per heavy atom. The van der Waals surface area contributed by atoms with Gasteiger partial charge in [-0.05, 0) is 25.0 Å². The molecule has 4 rings (SSSR count). The Balaban J connectivity index is 1.35. The summed E-state index contributed by atoms with van der Waals surface area (Å²) < 4.78 is 0. The highest BCUT2D eigenvalue weighted by Gasteiger charge is 2.48. The SMILES string of the molecule is O=C1[C@H]2CCCC[C@H]2C(=O)N1CN1CCN(c2ccncc2)CC1. The van der Waals surface area contributed by atoms with E-state index in [0.717, 1.165) is 51.9 Å². The second-order valence-electron chi connectivity index (χ2n) is 7.05. The van der Waals surface area contributed by atoms with E-state index in [-0.39, 0.29) is 23.7 Å². The lowest BCUT2D eigenvalue weighted by atomic mass is 9.81. The van der Waals surface area contributed by atoms with Gasteiger partial charge in [-0.2, -0.15) is 0 Å². The molecule has 1 saturated carbocycles. The number of anilines is 1. The van der Waals surface area contributed by atoms with Crippen molar-refractivity contribution in [3.05, 3.63) is 24.5 Å². The molecule has 3 fully saturated rings. The third-order valence-electron chi connectivity index (χ3n) is 5.67. The third-order valence-corrected chi connectivity index (χ3v) is 5.67. The number of nitrogens with zero attached hydrogens (tertiary/aromatic N) is 4. The first kappa shape index (κ1) is 15.6. The molecule has 1 aromatic heterocycles. The number of fused-ring (bicyclic) bond motifs is 1. The van der Waals surface area contributed by atoms with Gasteiger partial charge >= 0.3 is 0 Å². The van der Waals surface area contributed by atoms with Gasteiger partial charge in [0.25, 0.3) is 0 Å². The van der Waals surface area contributed by atoms with Gasteiger partial charge in [-0.1, -0.05) is 12.8 Å². The molecule has 0 bridgehead atoms. The largest absolute Gasteiger partial charge is 0.369 e. The average molecular weight is 328 g/mol. The molecule has 2 saturated heterocycles. The van der Waals surface area contributed by atoms with Crippen LogP contribution in [-0.2, 0) is 9.59 Å². The molecule has 0 spiro atoms. The number of piperazine rings is 1. The van der Waals surface area contributed by atoms with Crippen molar-refractivity contribution in [1.82, 2.24) is 14.8 Å². The second kappa shape index (κ2) is 6.51. The summed E-state index contributed by atoms with van der Waals surface area (Å²) >= 11 is 0. The highest BCUT2D eigenvalue weighted by molar-refractivity contribution is 6.05. The average Bonchev–Trinajstić information content (AvgIpc) is 2.88. The molecule has 6 nitrogen and oxygen atoms in total. The van der Waals surface area contributed by atoms with Gasteiger partial charge in [0.2, 0.25) is 11.8 Å².